The Morgan fingerprint density at radius 1 is 0.833 bits per heavy atom. The fourth-order valence-electron chi connectivity index (χ4n) is 4.01. The molecule has 2 unspecified atom stereocenters. The normalized spacial score (nSPS) is 21.6. The highest BCUT2D eigenvalue weighted by molar-refractivity contribution is 8.00. The van der Waals surface area contributed by atoms with E-state index in [4.69, 9.17) is 14.2 Å². The fraction of sp³-hybridized carbons (Fsp3) is 0.250. The van der Waals surface area contributed by atoms with Gasteiger partial charge in [0.05, 0.1) is 11.9 Å². The van der Waals surface area contributed by atoms with Crippen LogP contribution in [0.15, 0.2) is 70.5 Å². The van der Waals surface area contributed by atoms with E-state index in [1.807, 2.05) is 29.6 Å². The number of anilines is 1. The summed E-state index contributed by atoms with van der Waals surface area (Å²) in [5.74, 6) is 3.59. The molecule has 2 atom stereocenters. The van der Waals surface area contributed by atoms with Gasteiger partial charge in [0.1, 0.15) is 12.4 Å². The largest absolute Gasteiger partial charge is 0.492 e. The topological polar surface area (TPSA) is 39.7 Å². The molecule has 30 heavy (non-hydrogen) atoms. The molecular formula is C24H21NO3S2. The van der Waals surface area contributed by atoms with Gasteiger partial charge >= 0.3 is 0 Å². The average molecular weight is 436 g/mol. The molecule has 0 saturated carbocycles. The molecule has 3 aliphatic heterocycles. The van der Waals surface area contributed by atoms with E-state index in [1.165, 1.54) is 21.0 Å². The van der Waals surface area contributed by atoms with Crippen molar-refractivity contribution in [2.24, 2.45) is 0 Å². The van der Waals surface area contributed by atoms with Gasteiger partial charge in [-0.3, -0.25) is 0 Å². The maximum absolute atomic E-state index is 6.30. The summed E-state index contributed by atoms with van der Waals surface area (Å²) in [6, 6.07) is 21.1. The van der Waals surface area contributed by atoms with E-state index in [-0.39, 0.29) is 6.10 Å². The Morgan fingerprint density at radius 3 is 2.73 bits per heavy atom. The molecule has 4 nitrogen and oxygen atoms in total. The van der Waals surface area contributed by atoms with Crippen LogP contribution in [0.3, 0.4) is 0 Å². The average Bonchev–Trinajstić information content (AvgIpc) is 2.83. The molecule has 0 bridgehead atoms. The van der Waals surface area contributed by atoms with Crippen molar-refractivity contribution in [1.82, 2.24) is 0 Å². The Labute approximate surface area is 184 Å². The van der Waals surface area contributed by atoms with E-state index in [0.717, 1.165) is 41.7 Å². The monoisotopic (exact) mass is 435 g/mol. The minimum absolute atomic E-state index is 0.123. The van der Waals surface area contributed by atoms with Gasteiger partial charge in [-0.15, -0.1) is 23.5 Å². The molecule has 0 radical (unpaired) electrons. The Kier molecular flexibility index (Phi) is 4.69. The lowest BCUT2D eigenvalue weighted by Gasteiger charge is -2.30. The van der Waals surface area contributed by atoms with E-state index in [9.17, 15) is 0 Å². The lowest BCUT2D eigenvalue weighted by Crippen LogP contribution is -2.22. The van der Waals surface area contributed by atoms with Crippen LogP contribution in [0.1, 0.15) is 22.5 Å². The number of fused-ring (bicyclic) bond motifs is 3. The summed E-state index contributed by atoms with van der Waals surface area (Å²) < 4.78 is 18.2. The quantitative estimate of drug-likeness (QED) is 0.537. The van der Waals surface area contributed by atoms with Crippen molar-refractivity contribution < 1.29 is 14.2 Å². The second-order valence-electron chi connectivity index (χ2n) is 7.51. The number of benzene rings is 3. The van der Waals surface area contributed by atoms with Gasteiger partial charge in [-0.1, -0.05) is 24.3 Å². The molecule has 0 aliphatic carbocycles. The zero-order valence-electron chi connectivity index (χ0n) is 16.3. The summed E-state index contributed by atoms with van der Waals surface area (Å²) >= 11 is 3.74. The third-order valence-corrected chi connectivity index (χ3v) is 7.92. The van der Waals surface area contributed by atoms with Crippen molar-refractivity contribution in [1.29, 1.82) is 0 Å². The first-order valence-electron chi connectivity index (χ1n) is 10.2. The van der Waals surface area contributed by atoms with Crippen LogP contribution in [-0.2, 0) is 0 Å². The van der Waals surface area contributed by atoms with E-state index >= 15 is 0 Å². The van der Waals surface area contributed by atoms with Crippen molar-refractivity contribution in [2.75, 3.05) is 30.8 Å². The van der Waals surface area contributed by atoms with Crippen LogP contribution in [0, 0.1) is 0 Å². The molecule has 0 amide bonds. The lowest BCUT2D eigenvalue weighted by atomic mass is 10.1. The van der Waals surface area contributed by atoms with E-state index in [2.05, 4.69) is 59.9 Å². The summed E-state index contributed by atoms with van der Waals surface area (Å²) in [4.78, 5) is 2.49. The van der Waals surface area contributed by atoms with Gasteiger partial charge in [-0.25, -0.2) is 0 Å². The molecule has 0 spiro atoms. The number of rotatable bonds is 2. The van der Waals surface area contributed by atoms with Crippen LogP contribution in [-0.4, -0.2) is 25.5 Å². The molecule has 0 saturated heterocycles. The minimum Gasteiger partial charge on any atom is -0.492 e. The van der Waals surface area contributed by atoms with Crippen LogP contribution < -0.4 is 19.5 Å². The predicted molar refractivity (Wildman–Crippen MR) is 121 cm³/mol. The first kappa shape index (κ1) is 18.3. The molecule has 6 heteroatoms. The SMILES string of the molecule is c1ccc2c(c1)NCC(c1ccc3c(c1)OCC(c1ccc4c(c1)OCCS4)O3)S2. The highest BCUT2D eigenvalue weighted by Crippen LogP contribution is 2.46. The predicted octanol–water partition coefficient (Wildman–Crippen LogP) is 5.94. The Morgan fingerprint density at radius 2 is 1.73 bits per heavy atom. The van der Waals surface area contributed by atoms with Gasteiger partial charge in [-0.05, 0) is 47.5 Å². The Balaban J connectivity index is 1.21. The number of hydrogen-bond acceptors (Lipinski definition) is 6. The number of hydrogen-bond donors (Lipinski definition) is 1. The van der Waals surface area contributed by atoms with Crippen LogP contribution >= 0.6 is 23.5 Å². The third-order valence-electron chi connectivity index (χ3n) is 5.57. The zero-order chi connectivity index (χ0) is 19.9. The molecule has 152 valence electrons. The van der Waals surface area contributed by atoms with Crippen molar-refractivity contribution >= 4 is 29.2 Å². The highest BCUT2D eigenvalue weighted by Gasteiger charge is 2.27. The maximum Gasteiger partial charge on any atom is 0.162 e. The van der Waals surface area contributed by atoms with E-state index in [1.54, 1.807) is 0 Å². The van der Waals surface area contributed by atoms with Crippen LogP contribution in [0.25, 0.3) is 0 Å². The molecule has 0 fully saturated rings. The third kappa shape index (κ3) is 3.38. The fourth-order valence-corrected chi connectivity index (χ4v) is 6.00. The summed E-state index contributed by atoms with van der Waals surface area (Å²) in [6.45, 7) is 2.16. The smallest absolute Gasteiger partial charge is 0.162 e. The van der Waals surface area contributed by atoms with Gasteiger partial charge in [0, 0.05) is 27.8 Å². The van der Waals surface area contributed by atoms with E-state index < -0.39 is 0 Å². The standard InChI is InChI=1S/C24H21NO3S2/c1-2-4-22-17(3-1)25-13-24(30-22)16-5-7-18-19(12-16)27-14-21(28-18)15-6-8-23-20(11-15)26-9-10-29-23/h1-8,11-12,21,24-25H,9-10,13-14H2. The summed E-state index contributed by atoms with van der Waals surface area (Å²) in [5.41, 5.74) is 3.56. The second-order valence-corrected chi connectivity index (χ2v) is 9.89. The first-order chi connectivity index (χ1) is 14.8. The van der Waals surface area contributed by atoms with Crippen molar-refractivity contribution in [3.8, 4) is 17.2 Å². The van der Waals surface area contributed by atoms with Crippen molar-refractivity contribution in [3.05, 3.63) is 71.8 Å². The molecular weight excluding hydrogens is 414 g/mol. The molecule has 3 aliphatic rings. The van der Waals surface area contributed by atoms with Gasteiger partial charge in [-0.2, -0.15) is 0 Å². The van der Waals surface area contributed by atoms with Crippen LogP contribution in [0.5, 0.6) is 17.2 Å². The minimum atomic E-state index is -0.123. The summed E-state index contributed by atoms with van der Waals surface area (Å²) in [7, 11) is 0. The zero-order valence-corrected chi connectivity index (χ0v) is 17.9. The van der Waals surface area contributed by atoms with Crippen molar-refractivity contribution in [2.45, 2.75) is 21.1 Å². The molecule has 3 aromatic carbocycles. The maximum atomic E-state index is 6.30. The summed E-state index contributed by atoms with van der Waals surface area (Å²) in [5, 5.41) is 3.89. The van der Waals surface area contributed by atoms with Crippen LogP contribution in [0.4, 0.5) is 5.69 Å². The first-order valence-corrected chi connectivity index (χ1v) is 12.0. The van der Waals surface area contributed by atoms with E-state index in [0.29, 0.717) is 11.9 Å². The number of para-hydroxylation sites is 1. The molecule has 0 aromatic heterocycles. The number of nitrogens with one attached hydrogen (secondary N) is 1. The molecule has 3 heterocycles. The van der Waals surface area contributed by atoms with Crippen LogP contribution in [0.2, 0.25) is 0 Å². The van der Waals surface area contributed by atoms with Gasteiger partial charge in [0.2, 0.25) is 0 Å². The summed E-state index contributed by atoms with van der Waals surface area (Å²) in [6.07, 6.45) is -0.123. The number of thioether (sulfide) groups is 2. The number of ether oxygens (including phenoxy) is 3. The lowest BCUT2D eigenvalue weighted by molar-refractivity contribution is 0.0909. The highest BCUT2D eigenvalue weighted by atomic mass is 32.2. The molecule has 3 aromatic rings. The Bertz CT molecular complexity index is 1100. The van der Waals surface area contributed by atoms with Gasteiger partial charge in [0.25, 0.3) is 0 Å². The second kappa shape index (κ2) is 7.67. The van der Waals surface area contributed by atoms with Gasteiger partial charge < -0.3 is 19.5 Å². The molecule has 1 N–H and O–H groups in total. The van der Waals surface area contributed by atoms with Crippen molar-refractivity contribution in [3.63, 3.8) is 0 Å². The van der Waals surface area contributed by atoms with Gasteiger partial charge in [0.15, 0.2) is 17.6 Å². The Hall–Kier alpha value is -2.44. The molecule has 6 rings (SSSR count).